The molecule has 0 aliphatic heterocycles. The average molecular weight is 703 g/mol. The fraction of sp³-hybridized carbons (Fsp3) is 0. The van der Waals surface area contributed by atoms with Crippen LogP contribution in [0.3, 0.4) is 0 Å². The Morgan fingerprint density at radius 2 is 0.945 bits per heavy atom. The predicted molar refractivity (Wildman–Crippen MR) is 225 cm³/mol. The molecule has 0 aliphatic carbocycles. The summed E-state index contributed by atoms with van der Waals surface area (Å²) in [6, 6.07) is 59.3. The van der Waals surface area contributed by atoms with Crippen LogP contribution in [0.25, 0.3) is 111 Å². The standard InChI is InChI=1S/C50H30N4O/c1-2-11-35(12-3-1)48-52-49(36-23-17-32(18-24-36)38-25-19-31-9-4-5-13-37(31)27-38)54-50(53-48)44-29-51-30-45-46(44)42-16-8-15-41(47(42)55-45)39-26-22-34-21-20-33-10-6-7-14-40(33)43(34)28-39/h1-30H. The van der Waals surface area contributed by atoms with Crippen molar-refractivity contribution in [2.24, 2.45) is 0 Å². The maximum atomic E-state index is 6.68. The summed E-state index contributed by atoms with van der Waals surface area (Å²) in [7, 11) is 0. The van der Waals surface area contributed by atoms with Crippen molar-refractivity contribution >= 4 is 54.3 Å². The fourth-order valence-corrected chi connectivity index (χ4v) is 7.84. The first-order chi connectivity index (χ1) is 27.2. The quantitative estimate of drug-likeness (QED) is 0.167. The van der Waals surface area contributed by atoms with Gasteiger partial charge >= 0.3 is 0 Å². The molecule has 3 aromatic heterocycles. The summed E-state index contributed by atoms with van der Waals surface area (Å²) in [5.74, 6) is 1.71. The van der Waals surface area contributed by atoms with Gasteiger partial charge in [0.05, 0.1) is 6.20 Å². The van der Waals surface area contributed by atoms with Crippen LogP contribution in [0.2, 0.25) is 0 Å². The third-order valence-corrected chi connectivity index (χ3v) is 10.6. The first kappa shape index (κ1) is 31.1. The van der Waals surface area contributed by atoms with Gasteiger partial charge in [0.25, 0.3) is 0 Å². The van der Waals surface area contributed by atoms with Gasteiger partial charge in [-0.05, 0) is 61.1 Å². The van der Waals surface area contributed by atoms with Gasteiger partial charge in [0.2, 0.25) is 0 Å². The largest absolute Gasteiger partial charge is 0.454 e. The highest BCUT2D eigenvalue weighted by atomic mass is 16.3. The van der Waals surface area contributed by atoms with Crippen LogP contribution < -0.4 is 0 Å². The molecule has 11 rings (SSSR count). The minimum absolute atomic E-state index is 0.533. The number of benzene rings is 8. The van der Waals surface area contributed by atoms with Gasteiger partial charge in [-0.25, -0.2) is 15.0 Å². The third kappa shape index (κ3) is 5.33. The number of fused-ring (bicyclic) bond motifs is 7. The van der Waals surface area contributed by atoms with Gasteiger partial charge in [-0.3, -0.25) is 4.98 Å². The lowest BCUT2D eigenvalue weighted by atomic mass is 9.96. The maximum Gasteiger partial charge on any atom is 0.166 e. The van der Waals surface area contributed by atoms with E-state index in [9.17, 15) is 0 Å². The van der Waals surface area contributed by atoms with E-state index < -0.39 is 0 Å². The molecule has 0 radical (unpaired) electrons. The van der Waals surface area contributed by atoms with Crippen molar-refractivity contribution in [3.8, 4) is 56.4 Å². The fourth-order valence-electron chi connectivity index (χ4n) is 7.84. The van der Waals surface area contributed by atoms with Gasteiger partial charge in [-0.15, -0.1) is 0 Å². The molecule has 0 fully saturated rings. The van der Waals surface area contributed by atoms with E-state index in [0.717, 1.165) is 55.3 Å². The third-order valence-electron chi connectivity index (χ3n) is 10.6. The van der Waals surface area contributed by atoms with E-state index in [1.807, 2.05) is 36.5 Å². The molecular weight excluding hydrogens is 673 g/mol. The Kier molecular flexibility index (Phi) is 7.10. The molecule has 0 spiro atoms. The number of para-hydroxylation sites is 1. The number of hydrogen-bond donors (Lipinski definition) is 0. The first-order valence-electron chi connectivity index (χ1n) is 18.4. The summed E-state index contributed by atoms with van der Waals surface area (Å²) in [5, 5.41) is 9.20. The van der Waals surface area contributed by atoms with Crippen LogP contribution in [0.15, 0.2) is 187 Å². The predicted octanol–water partition coefficient (Wildman–Crippen LogP) is 13.0. The maximum absolute atomic E-state index is 6.68. The number of rotatable bonds is 5. The van der Waals surface area contributed by atoms with Crippen LogP contribution in [0.1, 0.15) is 0 Å². The molecule has 0 amide bonds. The minimum Gasteiger partial charge on any atom is -0.454 e. The Labute approximate surface area is 316 Å². The highest BCUT2D eigenvalue weighted by molar-refractivity contribution is 6.15. The highest BCUT2D eigenvalue weighted by Crippen LogP contribution is 2.41. The molecule has 0 atom stereocenters. The van der Waals surface area contributed by atoms with E-state index in [0.29, 0.717) is 23.1 Å². The number of pyridine rings is 1. The minimum atomic E-state index is 0.533. The molecule has 0 saturated carbocycles. The van der Waals surface area contributed by atoms with Crippen LogP contribution in [-0.2, 0) is 0 Å². The molecule has 0 bridgehead atoms. The SMILES string of the molecule is c1ccc(-c2nc(-c3ccc(-c4ccc5ccccc5c4)cc3)nc(-c3cncc4oc5c(-c6ccc7ccc8ccccc8c7c6)cccc5c34)n2)cc1. The van der Waals surface area contributed by atoms with E-state index in [4.69, 9.17) is 19.4 Å². The molecule has 0 saturated heterocycles. The van der Waals surface area contributed by atoms with E-state index >= 15 is 0 Å². The van der Waals surface area contributed by atoms with Crippen LogP contribution in [0.4, 0.5) is 0 Å². The highest BCUT2D eigenvalue weighted by Gasteiger charge is 2.20. The lowest BCUT2D eigenvalue weighted by Crippen LogP contribution is -2.00. The Hall–Kier alpha value is -7.50. The number of nitrogens with zero attached hydrogens (tertiary/aromatic N) is 4. The molecule has 256 valence electrons. The second kappa shape index (κ2) is 12.6. The van der Waals surface area contributed by atoms with Crippen molar-refractivity contribution < 1.29 is 4.42 Å². The van der Waals surface area contributed by atoms with Crippen molar-refractivity contribution in [1.29, 1.82) is 0 Å². The van der Waals surface area contributed by atoms with E-state index in [1.165, 1.54) is 32.3 Å². The van der Waals surface area contributed by atoms with Crippen molar-refractivity contribution in [3.05, 3.63) is 182 Å². The molecule has 55 heavy (non-hydrogen) atoms. The molecule has 5 nitrogen and oxygen atoms in total. The number of aromatic nitrogens is 4. The van der Waals surface area contributed by atoms with E-state index in [1.54, 1.807) is 6.20 Å². The van der Waals surface area contributed by atoms with Crippen LogP contribution in [0.5, 0.6) is 0 Å². The number of hydrogen-bond acceptors (Lipinski definition) is 5. The summed E-state index contributed by atoms with van der Waals surface area (Å²) in [4.78, 5) is 19.8. The van der Waals surface area contributed by atoms with Gasteiger partial charge in [0, 0.05) is 39.2 Å². The number of furan rings is 1. The van der Waals surface area contributed by atoms with Crippen LogP contribution in [-0.4, -0.2) is 19.9 Å². The smallest absolute Gasteiger partial charge is 0.166 e. The van der Waals surface area contributed by atoms with E-state index in [-0.39, 0.29) is 0 Å². The van der Waals surface area contributed by atoms with Gasteiger partial charge in [0.1, 0.15) is 5.58 Å². The molecule has 5 heteroatoms. The van der Waals surface area contributed by atoms with E-state index in [2.05, 4.69) is 145 Å². The second-order valence-corrected chi connectivity index (χ2v) is 13.9. The zero-order valence-electron chi connectivity index (χ0n) is 29.5. The van der Waals surface area contributed by atoms with Crippen molar-refractivity contribution in [2.75, 3.05) is 0 Å². The molecule has 11 aromatic rings. The summed E-state index contributed by atoms with van der Waals surface area (Å²) < 4.78 is 6.68. The monoisotopic (exact) mass is 702 g/mol. The zero-order valence-corrected chi connectivity index (χ0v) is 29.5. The molecule has 3 heterocycles. The lowest BCUT2D eigenvalue weighted by molar-refractivity contribution is 0.668. The summed E-state index contributed by atoms with van der Waals surface area (Å²) >= 11 is 0. The Bertz CT molecular complexity index is 3260. The average Bonchev–Trinajstić information content (AvgIpc) is 3.66. The first-order valence-corrected chi connectivity index (χ1v) is 18.4. The van der Waals surface area contributed by atoms with Crippen molar-refractivity contribution in [2.45, 2.75) is 0 Å². The van der Waals surface area contributed by atoms with Gasteiger partial charge in [-0.1, -0.05) is 158 Å². The van der Waals surface area contributed by atoms with Crippen molar-refractivity contribution in [3.63, 3.8) is 0 Å². The molecule has 8 aromatic carbocycles. The summed E-state index contributed by atoms with van der Waals surface area (Å²) in [5.41, 5.74) is 8.45. The molecule has 0 unspecified atom stereocenters. The van der Waals surface area contributed by atoms with Crippen LogP contribution >= 0.6 is 0 Å². The molecule has 0 N–H and O–H groups in total. The normalized spacial score (nSPS) is 11.6. The van der Waals surface area contributed by atoms with Gasteiger partial charge < -0.3 is 4.42 Å². The lowest BCUT2D eigenvalue weighted by Gasteiger charge is -2.10. The summed E-state index contributed by atoms with van der Waals surface area (Å²) in [6.07, 6.45) is 3.62. The Morgan fingerprint density at radius 3 is 1.78 bits per heavy atom. The molecule has 0 aliphatic rings. The summed E-state index contributed by atoms with van der Waals surface area (Å²) in [6.45, 7) is 0. The topological polar surface area (TPSA) is 64.7 Å². The van der Waals surface area contributed by atoms with Crippen LogP contribution in [0, 0.1) is 0 Å². The van der Waals surface area contributed by atoms with Crippen molar-refractivity contribution in [1.82, 2.24) is 19.9 Å². The zero-order chi connectivity index (χ0) is 36.3. The Balaban J connectivity index is 1.06. The second-order valence-electron chi connectivity index (χ2n) is 13.9. The Morgan fingerprint density at radius 1 is 0.345 bits per heavy atom. The van der Waals surface area contributed by atoms with Gasteiger partial charge in [0.15, 0.2) is 23.1 Å². The molecular formula is C50H30N4O. The van der Waals surface area contributed by atoms with Gasteiger partial charge in [-0.2, -0.15) is 0 Å².